The van der Waals surface area contributed by atoms with Crippen molar-refractivity contribution < 1.29 is 4.74 Å². The van der Waals surface area contributed by atoms with Crippen LogP contribution in [0.15, 0.2) is 18.2 Å². The van der Waals surface area contributed by atoms with Gasteiger partial charge in [-0.2, -0.15) is 0 Å². The van der Waals surface area contributed by atoms with E-state index in [-0.39, 0.29) is 0 Å². The summed E-state index contributed by atoms with van der Waals surface area (Å²) in [5, 5.41) is 3.73. The summed E-state index contributed by atoms with van der Waals surface area (Å²) in [4.78, 5) is 0. The maximum Gasteiger partial charge on any atom is 0.0590 e. The van der Waals surface area contributed by atoms with Crippen LogP contribution in [0.1, 0.15) is 55.7 Å². The summed E-state index contributed by atoms with van der Waals surface area (Å²) in [6.07, 6.45) is 7.71. The van der Waals surface area contributed by atoms with Crippen LogP contribution in [0.4, 0.5) is 0 Å². The highest BCUT2D eigenvalue weighted by molar-refractivity contribution is 5.31. The molecule has 1 fully saturated rings. The number of benzene rings is 1. The molecule has 1 aliphatic heterocycles. The fourth-order valence-corrected chi connectivity index (χ4v) is 3.18. The maximum absolute atomic E-state index is 5.94. The molecule has 2 atom stereocenters. The fourth-order valence-electron chi connectivity index (χ4n) is 3.18. The smallest absolute Gasteiger partial charge is 0.0590 e. The second-order valence-corrected chi connectivity index (χ2v) is 6.51. The standard InChI is InChI=1S/C19H31NO/c1-4-10-20-18(14-19-7-5-6-11-21-19)13-17-12-15(2)8-9-16(17)3/h8-9,12,18-20H,4-7,10-11,13-14H2,1-3H3. The number of rotatable bonds is 7. The van der Waals surface area contributed by atoms with Crippen molar-refractivity contribution in [3.63, 3.8) is 0 Å². The quantitative estimate of drug-likeness (QED) is 0.813. The average Bonchev–Trinajstić information content (AvgIpc) is 2.49. The molecule has 2 unspecified atom stereocenters. The largest absolute Gasteiger partial charge is 0.378 e. The van der Waals surface area contributed by atoms with Gasteiger partial charge in [0.15, 0.2) is 0 Å². The first-order valence-electron chi connectivity index (χ1n) is 8.60. The van der Waals surface area contributed by atoms with E-state index in [9.17, 15) is 0 Å². The third kappa shape index (κ3) is 5.44. The van der Waals surface area contributed by atoms with Gasteiger partial charge in [0.2, 0.25) is 0 Å². The Hall–Kier alpha value is -0.860. The van der Waals surface area contributed by atoms with Crippen molar-refractivity contribution in [3.05, 3.63) is 34.9 Å². The number of ether oxygens (including phenoxy) is 1. The molecule has 0 aliphatic carbocycles. The molecule has 1 N–H and O–H groups in total. The zero-order chi connectivity index (χ0) is 15.1. The Labute approximate surface area is 130 Å². The lowest BCUT2D eigenvalue weighted by atomic mass is 9.94. The van der Waals surface area contributed by atoms with Crippen molar-refractivity contribution in [2.24, 2.45) is 0 Å². The number of aryl methyl sites for hydroxylation is 2. The SMILES string of the molecule is CCCNC(Cc1cc(C)ccc1C)CC1CCCCO1. The van der Waals surface area contributed by atoms with Crippen LogP contribution in [0.3, 0.4) is 0 Å². The van der Waals surface area contributed by atoms with E-state index in [4.69, 9.17) is 4.74 Å². The van der Waals surface area contributed by atoms with E-state index < -0.39 is 0 Å². The zero-order valence-corrected chi connectivity index (χ0v) is 14.0. The predicted octanol–water partition coefficient (Wildman–Crippen LogP) is 4.17. The summed E-state index contributed by atoms with van der Waals surface area (Å²) in [5.74, 6) is 0. The van der Waals surface area contributed by atoms with Crippen molar-refractivity contribution in [3.8, 4) is 0 Å². The number of hydrogen-bond donors (Lipinski definition) is 1. The first kappa shape index (κ1) is 16.5. The van der Waals surface area contributed by atoms with Gasteiger partial charge < -0.3 is 10.1 Å². The molecular weight excluding hydrogens is 258 g/mol. The molecule has 2 heteroatoms. The van der Waals surface area contributed by atoms with E-state index in [1.165, 1.54) is 42.4 Å². The monoisotopic (exact) mass is 289 g/mol. The molecule has 0 aromatic heterocycles. The van der Waals surface area contributed by atoms with Gasteiger partial charge in [-0.25, -0.2) is 0 Å². The third-order valence-electron chi connectivity index (χ3n) is 4.48. The lowest BCUT2D eigenvalue weighted by Gasteiger charge is -2.28. The highest BCUT2D eigenvalue weighted by Crippen LogP contribution is 2.20. The van der Waals surface area contributed by atoms with Crippen LogP contribution in [0, 0.1) is 13.8 Å². The van der Waals surface area contributed by atoms with Gasteiger partial charge in [-0.3, -0.25) is 0 Å². The van der Waals surface area contributed by atoms with Crippen LogP contribution in [-0.4, -0.2) is 25.3 Å². The third-order valence-corrected chi connectivity index (χ3v) is 4.48. The van der Waals surface area contributed by atoms with Gasteiger partial charge >= 0.3 is 0 Å². The molecular formula is C19H31NO. The summed E-state index contributed by atoms with van der Waals surface area (Å²) in [5.41, 5.74) is 4.26. The molecule has 118 valence electrons. The van der Waals surface area contributed by atoms with Gasteiger partial charge in [0, 0.05) is 12.6 Å². The lowest BCUT2D eigenvalue weighted by molar-refractivity contribution is 0.00525. The van der Waals surface area contributed by atoms with Gasteiger partial charge in [-0.1, -0.05) is 30.7 Å². The van der Waals surface area contributed by atoms with Crippen LogP contribution in [0.5, 0.6) is 0 Å². The van der Waals surface area contributed by atoms with Crippen molar-refractivity contribution >= 4 is 0 Å². The number of hydrogen-bond acceptors (Lipinski definition) is 2. The van der Waals surface area contributed by atoms with E-state index >= 15 is 0 Å². The van der Waals surface area contributed by atoms with Crippen LogP contribution in [-0.2, 0) is 11.2 Å². The van der Waals surface area contributed by atoms with Gasteiger partial charge in [0.1, 0.15) is 0 Å². The summed E-state index contributed by atoms with van der Waals surface area (Å²) in [6, 6.07) is 7.34. The molecule has 0 bridgehead atoms. The molecule has 2 nitrogen and oxygen atoms in total. The van der Waals surface area contributed by atoms with E-state index in [0.717, 1.165) is 26.0 Å². The van der Waals surface area contributed by atoms with E-state index in [2.05, 4.69) is 44.3 Å². The molecule has 1 aliphatic rings. The molecule has 0 spiro atoms. The summed E-state index contributed by atoms with van der Waals surface area (Å²) < 4.78 is 5.94. The Morgan fingerprint density at radius 3 is 2.86 bits per heavy atom. The minimum atomic E-state index is 0.457. The molecule has 21 heavy (non-hydrogen) atoms. The Bertz CT molecular complexity index is 424. The molecule has 1 heterocycles. The van der Waals surface area contributed by atoms with Gasteiger partial charge in [-0.05, 0) is 70.0 Å². The summed E-state index contributed by atoms with van der Waals surface area (Å²) >= 11 is 0. The second kappa shape index (κ2) is 8.55. The van der Waals surface area contributed by atoms with Crippen LogP contribution < -0.4 is 5.32 Å². The molecule has 0 radical (unpaired) electrons. The molecule has 1 aromatic rings. The Balaban J connectivity index is 1.98. The summed E-state index contributed by atoms with van der Waals surface area (Å²) in [6.45, 7) is 8.69. The average molecular weight is 289 g/mol. The normalized spacial score (nSPS) is 20.4. The molecule has 1 saturated heterocycles. The van der Waals surface area contributed by atoms with Gasteiger partial charge in [-0.15, -0.1) is 0 Å². The Kier molecular flexibility index (Phi) is 6.72. The fraction of sp³-hybridized carbons (Fsp3) is 0.684. The lowest BCUT2D eigenvalue weighted by Crippen LogP contribution is -2.37. The van der Waals surface area contributed by atoms with Crippen LogP contribution in [0.2, 0.25) is 0 Å². The minimum Gasteiger partial charge on any atom is -0.378 e. The van der Waals surface area contributed by atoms with E-state index in [1.54, 1.807) is 0 Å². The molecule has 0 amide bonds. The van der Waals surface area contributed by atoms with Crippen LogP contribution in [0.25, 0.3) is 0 Å². The molecule has 1 aromatic carbocycles. The first-order valence-corrected chi connectivity index (χ1v) is 8.60. The molecule has 0 saturated carbocycles. The van der Waals surface area contributed by atoms with E-state index in [0.29, 0.717) is 12.1 Å². The Morgan fingerprint density at radius 1 is 1.29 bits per heavy atom. The van der Waals surface area contributed by atoms with Crippen molar-refractivity contribution in [2.75, 3.05) is 13.2 Å². The highest BCUT2D eigenvalue weighted by atomic mass is 16.5. The van der Waals surface area contributed by atoms with E-state index in [1.807, 2.05) is 0 Å². The highest BCUT2D eigenvalue weighted by Gasteiger charge is 2.20. The van der Waals surface area contributed by atoms with Gasteiger partial charge in [0.05, 0.1) is 6.10 Å². The van der Waals surface area contributed by atoms with Crippen molar-refractivity contribution in [1.82, 2.24) is 5.32 Å². The maximum atomic E-state index is 5.94. The molecule has 2 rings (SSSR count). The minimum absolute atomic E-state index is 0.457. The number of nitrogens with one attached hydrogen (secondary N) is 1. The Morgan fingerprint density at radius 2 is 2.14 bits per heavy atom. The topological polar surface area (TPSA) is 21.3 Å². The van der Waals surface area contributed by atoms with Crippen LogP contribution >= 0.6 is 0 Å². The second-order valence-electron chi connectivity index (χ2n) is 6.51. The zero-order valence-electron chi connectivity index (χ0n) is 14.0. The summed E-state index contributed by atoms with van der Waals surface area (Å²) in [7, 11) is 0. The van der Waals surface area contributed by atoms with Gasteiger partial charge in [0.25, 0.3) is 0 Å². The van der Waals surface area contributed by atoms with Crippen molar-refractivity contribution in [2.45, 2.75) is 71.4 Å². The van der Waals surface area contributed by atoms with Crippen molar-refractivity contribution in [1.29, 1.82) is 0 Å². The predicted molar refractivity (Wildman–Crippen MR) is 89.9 cm³/mol. The first-order chi connectivity index (χ1) is 10.2.